The summed E-state index contributed by atoms with van der Waals surface area (Å²) in [6.45, 7) is 4.99. The molecular formula is C16H31ClN4O4S. The standard InChI is InChI=1S/C16H30N4O4S.ClH/c21-16(13-15-14-24-12-5-17-15)18-8-10-20(11-9-18)25(22,23)19-6-3-1-2-4-7-19;/h15,17H,1-14H2;1H. The van der Waals surface area contributed by atoms with Gasteiger partial charge in [0.05, 0.1) is 13.2 Å². The van der Waals surface area contributed by atoms with E-state index in [1.54, 1.807) is 13.5 Å². The predicted octanol–water partition coefficient (Wildman–Crippen LogP) is 0.0517. The van der Waals surface area contributed by atoms with Crippen molar-refractivity contribution in [1.29, 1.82) is 0 Å². The maximum Gasteiger partial charge on any atom is 0.282 e. The predicted molar refractivity (Wildman–Crippen MR) is 102 cm³/mol. The summed E-state index contributed by atoms with van der Waals surface area (Å²) in [6, 6.07) is 0.0695. The first-order chi connectivity index (χ1) is 12.1. The Kier molecular flexibility index (Phi) is 8.56. The molecule has 0 bridgehead atoms. The summed E-state index contributed by atoms with van der Waals surface area (Å²) in [5.41, 5.74) is 0. The van der Waals surface area contributed by atoms with Gasteiger partial charge in [0, 0.05) is 58.3 Å². The minimum absolute atomic E-state index is 0. The van der Waals surface area contributed by atoms with Gasteiger partial charge in [0.15, 0.2) is 0 Å². The van der Waals surface area contributed by atoms with Crippen LogP contribution in [0.5, 0.6) is 0 Å². The number of carbonyl (C=O) groups is 1. The first-order valence-electron chi connectivity index (χ1n) is 9.41. The largest absolute Gasteiger partial charge is 0.378 e. The van der Waals surface area contributed by atoms with Crippen molar-refractivity contribution in [3.05, 3.63) is 0 Å². The van der Waals surface area contributed by atoms with Gasteiger partial charge in [-0.3, -0.25) is 4.79 Å². The van der Waals surface area contributed by atoms with Gasteiger partial charge in [-0.2, -0.15) is 17.0 Å². The van der Waals surface area contributed by atoms with E-state index in [1.807, 2.05) is 0 Å². The number of nitrogens with one attached hydrogen (secondary N) is 1. The number of halogens is 1. The number of amides is 1. The highest BCUT2D eigenvalue weighted by molar-refractivity contribution is 7.86. The van der Waals surface area contributed by atoms with Crippen LogP contribution in [0.25, 0.3) is 0 Å². The first kappa shape index (κ1) is 21.8. The summed E-state index contributed by atoms with van der Waals surface area (Å²) < 4.78 is 34.2. The monoisotopic (exact) mass is 410 g/mol. The molecule has 0 radical (unpaired) electrons. The van der Waals surface area contributed by atoms with Crippen molar-refractivity contribution in [1.82, 2.24) is 18.8 Å². The Morgan fingerprint density at radius 3 is 2.15 bits per heavy atom. The summed E-state index contributed by atoms with van der Waals surface area (Å²) in [5, 5.41) is 3.29. The Morgan fingerprint density at radius 2 is 1.58 bits per heavy atom. The highest BCUT2D eigenvalue weighted by Gasteiger charge is 2.34. The van der Waals surface area contributed by atoms with Gasteiger partial charge in [-0.1, -0.05) is 12.8 Å². The molecule has 3 rings (SSSR count). The van der Waals surface area contributed by atoms with Gasteiger partial charge in [-0.05, 0) is 12.8 Å². The van der Waals surface area contributed by atoms with Crippen molar-refractivity contribution >= 4 is 28.5 Å². The molecule has 3 aliphatic heterocycles. The second-order valence-electron chi connectivity index (χ2n) is 7.03. The van der Waals surface area contributed by atoms with Crippen LogP contribution in [0.4, 0.5) is 0 Å². The molecule has 1 amide bonds. The number of hydrogen-bond donors (Lipinski definition) is 1. The van der Waals surface area contributed by atoms with Crippen molar-refractivity contribution in [3.8, 4) is 0 Å². The summed E-state index contributed by atoms with van der Waals surface area (Å²) in [6.07, 6.45) is 4.50. The van der Waals surface area contributed by atoms with E-state index < -0.39 is 10.2 Å². The minimum Gasteiger partial charge on any atom is -0.378 e. The number of piperazine rings is 1. The zero-order chi connectivity index (χ0) is 17.7. The van der Waals surface area contributed by atoms with Crippen LogP contribution in [0, 0.1) is 0 Å². The fourth-order valence-corrected chi connectivity index (χ4v) is 5.37. The summed E-state index contributed by atoms with van der Waals surface area (Å²) in [4.78, 5) is 14.2. The Balaban J connectivity index is 0.00000243. The SMILES string of the molecule is Cl.O=C(CC1COCCN1)N1CCN(S(=O)(=O)N2CCCCCC2)CC1. The fraction of sp³-hybridized carbons (Fsp3) is 0.938. The second-order valence-corrected chi connectivity index (χ2v) is 8.96. The Bertz CT molecular complexity index is 540. The molecule has 0 saturated carbocycles. The molecule has 8 nitrogen and oxygen atoms in total. The smallest absolute Gasteiger partial charge is 0.282 e. The van der Waals surface area contributed by atoms with Crippen molar-refractivity contribution in [2.24, 2.45) is 0 Å². The van der Waals surface area contributed by atoms with Gasteiger partial charge < -0.3 is 15.0 Å². The maximum atomic E-state index is 12.8. The van der Waals surface area contributed by atoms with E-state index in [-0.39, 0.29) is 24.4 Å². The van der Waals surface area contributed by atoms with Crippen LogP contribution >= 0.6 is 12.4 Å². The maximum absolute atomic E-state index is 12.8. The molecule has 0 aliphatic carbocycles. The molecule has 1 N–H and O–H groups in total. The molecule has 3 fully saturated rings. The molecule has 0 aromatic heterocycles. The van der Waals surface area contributed by atoms with Crippen LogP contribution in [0.15, 0.2) is 0 Å². The number of hydrogen-bond acceptors (Lipinski definition) is 5. The molecule has 0 aromatic rings. The number of rotatable bonds is 4. The average molecular weight is 411 g/mol. The highest BCUT2D eigenvalue weighted by Crippen LogP contribution is 2.18. The van der Waals surface area contributed by atoms with E-state index >= 15 is 0 Å². The van der Waals surface area contributed by atoms with Crippen LogP contribution in [-0.2, 0) is 19.7 Å². The molecule has 3 heterocycles. The first-order valence-corrected chi connectivity index (χ1v) is 10.8. The summed E-state index contributed by atoms with van der Waals surface area (Å²) in [5.74, 6) is 0.0785. The third-order valence-corrected chi connectivity index (χ3v) is 7.26. The van der Waals surface area contributed by atoms with Crippen LogP contribution in [0.3, 0.4) is 0 Å². The second kappa shape index (κ2) is 10.2. The van der Waals surface area contributed by atoms with Crippen LogP contribution in [0.1, 0.15) is 32.1 Å². The molecule has 0 aromatic carbocycles. The van der Waals surface area contributed by atoms with Gasteiger partial charge >= 0.3 is 0 Å². The molecule has 3 saturated heterocycles. The molecule has 3 aliphatic rings. The lowest BCUT2D eigenvalue weighted by Gasteiger charge is -2.37. The number of carbonyl (C=O) groups excluding carboxylic acids is 1. The van der Waals surface area contributed by atoms with E-state index in [2.05, 4.69) is 5.32 Å². The Labute approximate surface area is 162 Å². The Hall–Kier alpha value is -0.450. The van der Waals surface area contributed by atoms with Crippen molar-refractivity contribution in [2.75, 3.05) is 59.0 Å². The third-order valence-electron chi connectivity index (χ3n) is 5.23. The zero-order valence-corrected chi connectivity index (χ0v) is 16.9. The number of morpholine rings is 1. The van der Waals surface area contributed by atoms with Gasteiger partial charge in [-0.15, -0.1) is 12.4 Å². The van der Waals surface area contributed by atoms with Crippen molar-refractivity contribution in [3.63, 3.8) is 0 Å². The zero-order valence-electron chi connectivity index (χ0n) is 15.3. The number of nitrogens with zero attached hydrogens (tertiary/aromatic N) is 3. The fourth-order valence-electron chi connectivity index (χ4n) is 3.69. The number of ether oxygens (including phenoxy) is 1. The molecule has 10 heteroatoms. The normalized spacial score (nSPS) is 26.8. The molecule has 1 atom stereocenters. The summed E-state index contributed by atoms with van der Waals surface area (Å²) >= 11 is 0. The van der Waals surface area contributed by atoms with Crippen LogP contribution < -0.4 is 5.32 Å². The van der Waals surface area contributed by atoms with E-state index in [1.165, 1.54) is 0 Å². The molecular weight excluding hydrogens is 380 g/mol. The van der Waals surface area contributed by atoms with Crippen LogP contribution in [0.2, 0.25) is 0 Å². The van der Waals surface area contributed by atoms with E-state index in [0.717, 1.165) is 32.2 Å². The molecule has 26 heavy (non-hydrogen) atoms. The van der Waals surface area contributed by atoms with E-state index in [4.69, 9.17) is 4.74 Å². The van der Waals surface area contributed by atoms with Gasteiger partial charge in [0.1, 0.15) is 0 Å². The lowest BCUT2D eigenvalue weighted by atomic mass is 10.1. The van der Waals surface area contributed by atoms with E-state index in [9.17, 15) is 13.2 Å². The summed E-state index contributed by atoms with van der Waals surface area (Å²) in [7, 11) is -3.39. The average Bonchev–Trinajstić information content (AvgIpc) is 2.93. The topological polar surface area (TPSA) is 82.2 Å². The molecule has 152 valence electrons. The highest BCUT2D eigenvalue weighted by atomic mass is 35.5. The quantitative estimate of drug-likeness (QED) is 0.708. The molecule has 1 unspecified atom stereocenters. The van der Waals surface area contributed by atoms with Crippen molar-refractivity contribution in [2.45, 2.75) is 38.1 Å². The lowest BCUT2D eigenvalue weighted by Crippen LogP contribution is -2.55. The lowest BCUT2D eigenvalue weighted by molar-refractivity contribution is -0.133. The van der Waals surface area contributed by atoms with Gasteiger partial charge in [0.25, 0.3) is 10.2 Å². The van der Waals surface area contributed by atoms with Gasteiger partial charge in [0.2, 0.25) is 5.91 Å². The Morgan fingerprint density at radius 1 is 0.962 bits per heavy atom. The third kappa shape index (κ3) is 5.53. The van der Waals surface area contributed by atoms with Crippen molar-refractivity contribution < 1.29 is 17.9 Å². The minimum atomic E-state index is -3.39. The molecule has 0 spiro atoms. The van der Waals surface area contributed by atoms with Gasteiger partial charge in [-0.25, -0.2) is 0 Å². The van der Waals surface area contributed by atoms with E-state index in [0.29, 0.717) is 58.9 Å². The van der Waals surface area contributed by atoms with Crippen LogP contribution in [-0.4, -0.2) is 92.9 Å².